The molecule has 2 fully saturated rings. The van der Waals surface area contributed by atoms with Crippen LogP contribution in [0.15, 0.2) is 24.3 Å². The molecule has 1 aromatic rings. The fourth-order valence-corrected chi connectivity index (χ4v) is 3.89. The molecule has 0 aromatic heterocycles. The van der Waals surface area contributed by atoms with E-state index in [9.17, 15) is 9.59 Å². The van der Waals surface area contributed by atoms with Crippen molar-refractivity contribution in [3.8, 4) is 0 Å². The average molecular weight is 373 g/mol. The topological polar surface area (TPSA) is 73.5 Å². The summed E-state index contributed by atoms with van der Waals surface area (Å²) in [4.78, 5) is 26.9. The second-order valence-corrected chi connectivity index (χ2v) is 7.75. The van der Waals surface area contributed by atoms with Crippen molar-refractivity contribution >= 4 is 23.2 Å². The molecule has 6 heteroatoms. The van der Waals surface area contributed by atoms with Gasteiger partial charge >= 0.3 is 0 Å². The van der Waals surface area contributed by atoms with Crippen LogP contribution >= 0.6 is 0 Å². The molecule has 0 spiro atoms. The van der Waals surface area contributed by atoms with Crippen LogP contribution in [0.3, 0.4) is 0 Å². The van der Waals surface area contributed by atoms with Crippen molar-refractivity contribution in [2.45, 2.75) is 51.5 Å². The predicted octanol–water partition coefficient (Wildman–Crippen LogP) is 2.51. The normalized spacial score (nSPS) is 18.9. The van der Waals surface area contributed by atoms with Crippen LogP contribution in [0.25, 0.3) is 0 Å². The van der Waals surface area contributed by atoms with E-state index in [0.29, 0.717) is 12.3 Å². The minimum atomic E-state index is -0.541. The highest BCUT2D eigenvalue weighted by Crippen LogP contribution is 2.23. The third-order valence-corrected chi connectivity index (χ3v) is 5.59. The van der Waals surface area contributed by atoms with Crippen molar-refractivity contribution in [3.63, 3.8) is 0 Å². The predicted molar refractivity (Wildman–Crippen MR) is 109 cm³/mol. The van der Waals surface area contributed by atoms with E-state index in [1.54, 1.807) is 6.92 Å². The Morgan fingerprint density at radius 2 is 1.96 bits per heavy atom. The van der Waals surface area contributed by atoms with E-state index in [1.807, 2.05) is 18.2 Å². The summed E-state index contributed by atoms with van der Waals surface area (Å²) in [5.74, 6) is 0.403. The third kappa shape index (κ3) is 5.96. The lowest BCUT2D eigenvalue weighted by atomic mass is 9.93. The first-order chi connectivity index (χ1) is 13.1. The van der Waals surface area contributed by atoms with E-state index in [2.05, 4.69) is 26.9 Å². The molecule has 1 unspecified atom stereocenters. The maximum absolute atomic E-state index is 12.4. The van der Waals surface area contributed by atoms with Gasteiger partial charge < -0.3 is 20.9 Å². The summed E-state index contributed by atoms with van der Waals surface area (Å²) in [5.41, 5.74) is 1.92. The number of carbonyl (C=O) groups is 2. The molecule has 6 nitrogen and oxygen atoms in total. The van der Waals surface area contributed by atoms with Gasteiger partial charge in [-0.15, -0.1) is 0 Å². The summed E-state index contributed by atoms with van der Waals surface area (Å²) < 4.78 is 0. The first-order valence-corrected chi connectivity index (χ1v) is 10.3. The maximum Gasteiger partial charge on any atom is 0.246 e. The molecule has 27 heavy (non-hydrogen) atoms. The quantitative estimate of drug-likeness (QED) is 0.688. The Labute approximate surface area is 162 Å². The number of piperidine rings is 1. The number of nitrogens with zero attached hydrogens (tertiary/aromatic N) is 1. The van der Waals surface area contributed by atoms with Gasteiger partial charge in [-0.05, 0) is 76.2 Å². The van der Waals surface area contributed by atoms with Gasteiger partial charge in [-0.25, -0.2) is 0 Å². The van der Waals surface area contributed by atoms with E-state index < -0.39 is 6.04 Å². The highest BCUT2D eigenvalue weighted by molar-refractivity contribution is 5.97. The number of rotatable bonds is 7. The molecule has 2 heterocycles. The fourth-order valence-electron chi connectivity index (χ4n) is 3.89. The van der Waals surface area contributed by atoms with Crippen LogP contribution in [-0.4, -0.2) is 44.0 Å². The molecule has 2 aliphatic heterocycles. The molecule has 2 saturated heterocycles. The SMILES string of the molecule is CC(NC(=O)CCC1CCNCC1)C(=O)Nc1cccc(N2CCCC2)c1. The van der Waals surface area contributed by atoms with Crippen molar-refractivity contribution < 1.29 is 9.59 Å². The van der Waals surface area contributed by atoms with Gasteiger partial charge in [-0.2, -0.15) is 0 Å². The first-order valence-electron chi connectivity index (χ1n) is 10.3. The van der Waals surface area contributed by atoms with Crippen LogP contribution in [0, 0.1) is 5.92 Å². The number of anilines is 2. The zero-order valence-electron chi connectivity index (χ0n) is 16.3. The summed E-state index contributed by atoms with van der Waals surface area (Å²) >= 11 is 0. The minimum Gasteiger partial charge on any atom is -0.371 e. The van der Waals surface area contributed by atoms with Gasteiger partial charge in [0, 0.05) is 30.9 Å². The van der Waals surface area contributed by atoms with Gasteiger partial charge in [-0.3, -0.25) is 9.59 Å². The van der Waals surface area contributed by atoms with Crippen LogP contribution in [0.2, 0.25) is 0 Å². The highest BCUT2D eigenvalue weighted by atomic mass is 16.2. The van der Waals surface area contributed by atoms with Crippen molar-refractivity contribution in [3.05, 3.63) is 24.3 Å². The second-order valence-electron chi connectivity index (χ2n) is 7.75. The minimum absolute atomic E-state index is 0.0398. The Balaban J connectivity index is 1.44. The third-order valence-electron chi connectivity index (χ3n) is 5.59. The van der Waals surface area contributed by atoms with Crippen molar-refractivity contribution in [1.82, 2.24) is 10.6 Å². The number of benzene rings is 1. The van der Waals surface area contributed by atoms with Crippen molar-refractivity contribution in [2.24, 2.45) is 5.92 Å². The van der Waals surface area contributed by atoms with Gasteiger partial charge in [0.25, 0.3) is 0 Å². The Hall–Kier alpha value is -2.08. The molecule has 0 bridgehead atoms. The van der Waals surface area contributed by atoms with E-state index in [1.165, 1.54) is 12.8 Å². The number of carbonyl (C=O) groups excluding carboxylic acids is 2. The average Bonchev–Trinajstić information content (AvgIpc) is 3.22. The molecule has 0 aliphatic carbocycles. The van der Waals surface area contributed by atoms with E-state index in [4.69, 9.17) is 0 Å². The van der Waals surface area contributed by atoms with Gasteiger partial charge in [0.1, 0.15) is 6.04 Å². The van der Waals surface area contributed by atoms with Crippen molar-refractivity contribution in [1.29, 1.82) is 0 Å². The lowest BCUT2D eigenvalue weighted by molar-refractivity contribution is -0.126. The standard InChI is InChI=1S/C21H32N4O2/c1-16(23-20(26)8-7-17-9-11-22-12-10-17)21(27)24-18-5-4-6-19(15-18)25-13-2-3-14-25/h4-6,15-17,22H,2-3,7-14H2,1H3,(H,23,26)(H,24,27). The zero-order valence-corrected chi connectivity index (χ0v) is 16.3. The van der Waals surface area contributed by atoms with E-state index >= 15 is 0 Å². The van der Waals surface area contributed by atoms with Gasteiger partial charge in [-0.1, -0.05) is 6.07 Å². The fraction of sp³-hybridized carbons (Fsp3) is 0.619. The zero-order chi connectivity index (χ0) is 19.1. The monoisotopic (exact) mass is 372 g/mol. The number of amides is 2. The Kier molecular flexibility index (Phi) is 7.10. The molecule has 3 N–H and O–H groups in total. The number of hydrogen-bond acceptors (Lipinski definition) is 4. The molecule has 3 rings (SSSR count). The maximum atomic E-state index is 12.4. The lowest BCUT2D eigenvalue weighted by Gasteiger charge is -2.22. The summed E-state index contributed by atoms with van der Waals surface area (Å²) in [6, 6.07) is 7.40. The summed E-state index contributed by atoms with van der Waals surface area (Å²) in [5, 5.41) is 9.10. The Morgan fingerprint density at radius 3 is 2.70 bits per heavy atom. The van der Waals surface area contributed by atoms with E-state index in [0.717, 1.165) is 56.8 Å². The molecule has 2 aliphatic rings. The number of hydrogen-bond donors (Lipinski definition) is 3. The second kappa shape index (κ2) is 9.74. The van der Waals surface area contributed by atoms with Crippen LogP contribution in [0.1, 0.15) is 45.4 Å². The Morgan fingerprint density at radius 1 is 1.22 bits per heavy atom. The molecule has 0 saturated carbocycles. The molecule has 1 atom stereocenters. The first kappa shape index (κ1) is 19.7. The van der Waals surface area contributed by atoms with Gasteiger partial charge in [0.15, 0.2) is 0 Å². The highest BCUT2D eigenvalue weighted by Gasteiger charge is 2.19. The van der Waals surface area contributed by atoms with Gasteiger partial charge in [0.05, 0.1) is 0 Å². The number of nitrogens with one attached hydrogen (secondary N) is 3. The summed E-state index contributed by atoms with van der Waals surface area (Å²) in [7, 11) is 0. The van der Waals surface area contributed by atoms with Crippen LogP contribution in [0.5, 0.6) is 0 Å². The smallest absolute Gasteiger partial charge is 0.246 e. The lowest BCUT2D eigenvalue weighted by Crippen LogP contribution is -2.41. The molecule has 0 radical (unpaired) electrons. The Bertz CT molecular complexity index is 637. The van der Waals surface area contributed by atoms with Crippen molar-refractivity contribution in [2.75, 3.05) is 36.4 Å². The van der Waals surface area contributed by atoms with E-state index in [-0.39, 0.29) is 11.8 Å². The molecular formula is C21H32N4O2. The summed E-state index contributed by atoms with van der Waals surface area (Å²) in [6.07, 6.45) is 6.11. The van der Waals surface area contributed by atoms with Crippen LogP contribution < -0.4 is 20.9 Å². The largest absolute Gasteiger partial charge is 0.371 e. The van der Waals surface area contributed by atoms with Crippen LogP contribution in [-0.2, 0) is 9.59 Å². The molecule has 148 valence electrons. The molecule has 2 amide bonds. The summed E-state index contributed by atoms with van der Waals surface area (Å²) in [6.45, 7) is 5.97. The molecule has 1 aromatic carbocycles. The van der Waals surface area contributed by atoms with Crippen LogP contribution in [0.4, 0.5) is 11.4 Å². The van der Waals surface area contributed by atoms with Gasteiger partial charge in [0.2, 0.25) is 11.8 Å². The molecular weight excluding hydrogens is 340 g/mol.